The summed E-state index contributed by atoms with van der Waals surface area (Å²) in [5.41, 5.74) is 5.10. The topological polar surface area (TPSA) is 53.9 Å². The second-order valence-electron chi connectivity index (χ2n) is 6.41. The molecule has 0 saturated heterocycles. The van der Waals surface area contributed by atoms with E-state index in [2.05, 4.69) is 24.4 Å². The number of hydrogen-bond acceptors (Lipinski definition) is 4. The number of hydrogen-bond donors (Lipinski definition) is 1. The number of carbonyl (C=O) groups is 1. The SMILES string of the molecule is CC(C)COc1ccc(C(=O)NN=Cc2ccc(N(C)C)cc2)cc1. The molecule has 5 heteroatoms. The standard InChI is InChI=1S/C20H25N3O2/c1-15(2)14-25-19-11-7-17(8-12-19)20(24)22-21-13-16-5-9-18(10-6-16)23(3)4/h5-13,15H,14H2,1-4H3,(H,22,24). The molecular weight excluding hydrogens is 314 g/mol. The Morgan fingerprint density at radius 2 is 1.76 bits per heavy atom. The number of anilines is 1. The zero-order valence-electron chi connectivity index (χ0n) is 15.2. The minimum atomic E-state index is -0.253. The third kappa shape index (κ3) is 5.95. The van der Waals surface area contributed by atoms with Gasteiger partial charge in [-0.25, -0.2) is 5.43 Å². The lowest BCUT2D eigenvalue weighted by atomic mass is 10.2. The van der Waals surface area contributed by atoms with Crippen LogP contribution < -0.4 is 15.1 Å². The molecule has 0 aliphatic rings. The number of ether oxygens (including phenoxy) is 1. The zero-order chi connectivity index (χ0) is 18.2. The summed E-state index contributed by atoms with van der Waals surface area (Å²) < 4.78 is 5.60. The second kappa shape index (κ2) is 8.87. The highest BCUT2D eigenvalue weighted by molar-refractivity contribution is 5.95. The first-order chi connectivity index (χ1) is 12.0. The number of rotatable bonds is 7. The van der Waals surface area contributed by atoms with Crippen molar-refractivity contribution in [3.63, 3.8) is 0 Å². The van der Waals surface area contributed by atoms with Crippen LogP contribution in [0.25, 0.3) is 0 Å². The Balaban J connectivity index is 1.88. The monoisotopic (exact) mass is 339 g/mol. The van der Waals surface area contributed by atoms with Crippen LogP contribution in [-0.4, -0.2) is 32.8 Å². The highest BCUT2D eigenvalue weighted by Gasteiger charge is 2.05. The molecule has 0 bridgehead atoms. The molecule has 2 aromatic carbocycles. The maximum atomic E-state index is 12.1. The van der Waals surface area contributed by atoms with Crippen LogP contribution in [0.3, 0.4) is 0 Å². The van der Waals surface area contributed by atoms with Crippen molar-refractivity contribution in [2.45, 2.75) is 13.8 Å². The summed E-state index contributed by atoms with van der Waals surface area (Å²) in [6.45, 7) is 4.84. The summed E-state index contributed by atoms with van der Waals surface area (Å²) in [6.07, 6.45) is 1.62. The van der Waals surface area contributed by atoms with Gasteiger partial charge in [-0.15, -0.1) is 0 Å². The molecule has 0 aliphatic carbocycles. The summed E-state index contributed by atoms with van der Waals surface area (Å²) >= 11 is 0. The number of amides is 1. The van der Waals surface area contributed by atoms with Gasteiger partial charge >= 0.3 is 0 Å². The van der Waals surface area contributed by atoms with E-state index >= 15 is 0 Å². The van der Waals surface area contributed by atoms with Gasteiger partial charge in [0, 0.05) is 25.3 Å². The molecule has 0 aromatic heterocycles. The van der Waals surface area contributed by atoms with E-state index in [1.807, 2.05) is 43.3 Å². The van der Waals surface area contributed by atoms with Gasteiger partial charge in [0.05, 0.1) is 12.8 Å². The number of hydrazone groups is 1. The van der Waals surface area contributed by atoms with Gasteiger partial charge in [0.1, 0.15) is 5.75 Å². The summed E-state index contributed by atoms with van der Waals surface area (Å²) in [6, 6.07) is 14.9. The van der Waals surface area contributed by atoms with E-state index in [9.17, 15) is 4.79 Å². The van der Waals surface area contributed by atoms with Crippen molar-refractivity contribution in [3.05, 3.63) is 59.7 Å². The van der Waals surface area contributed by atoms with Crippen LogP contribution >= 0.6 is 0 Å². The molecule has 0 radical (unpaired) electrons. The van der Waals surface area contributed by atoms with Crippen molar-refractivity contribution in [1.82, 2.24) is 5.43 Å². The number of nitrogens with zero attached hydrogens (tertiary/aromatic N) is 2. The lowest BCUT2D eigenvalue weighted by molar-refractivity contribution is 0.0955. The molecule has 0 fully saturated rings. The van der Waals surface area contributed by atoms with Gasteiger partial charge in [0.25, 0.3) is 5.91 Å². The van der Waals surface area contributed by atoms with E-state index in [1.165, 1.54) is 0 Å². The third-order valence-corrected chi connectivity index (χ3v) is 3.49. The smallest absolute Gasteiger partial charge is 0.271 e. The van der Waals surface area contributed by atoms with Gasteiger partial charge in [0.15, 0.2) is 0 Å². The lowest BCUT2D eigenvalue weighted by Crippen LogP contribution is -2.17. The molecule has 25 heavy (non-hydrogen) atoms. The van der Waals surface area contributed by atoms with Crippen LogP contribution in [0.2, 0.25) is 0 Å². The quantitative estimate of drug-likeness (QED) is 0.620. The highest BCUT2D eigenvalue weighted by atomic mass is 16.5. The van der Waals surface area contributed by atoms with Gasteiger partial charge in [-0.2, -0.15) is 5.10 Å². The average molecular weight is 339 g/mol. The fourth-order valence-corrected chi connectivity index (χ4v) is 2.05. The van der Waals surface area contributed by atoms with Crippen molar-refractivity contribution >= 4 is 17.8 Å². The average Bonchev–Trinajstić information content (AvgIpc) is 2.60. The van der Waals surface area contributed by atoms with Crippen LogP contribution in [0, 0.1) is 5.92 Å². The first kappa shape index (κ1) is 18.5. The molecule has 1 N–H and O–H groups in total. The van der Waals surface area contributed by atoms with E-state index in [4.69, 9.17) is 4.74 Å². The fraction of sp³-hybridized carbons (Fsp3) is 0.300. The maximum Gasteiger partial charge on any atom is 0.271 e. The van der Waals surface area contributed by atoms with Crippen LogP contribution in [0.4, 0.5) is 5.69 Å². The first-order valence-electron chi connectivity index (χ1n) is 8.29. The highest BCUT2D eigenvalue weighted by Crippen LogP contribution is 2.13. The third-order valence-electron chi connectivity index (χ3n) is 3.49. The van der Waals surface area contributed by atoms with Crippen LogP contribution in [-0.2, 0) is 0 Å². The Kier molecular flexibility index (Phi) is 6.57. The van der Waals surface area contributed by atoms with Crippen LogP contribution in [0.5, 0.6) is 5.75 Å². The molecule has 0 saturated carbocycles. The molecule has 1 amide bonds. The first-order valence-corrected chi connectivity index (χ1v) is 8.29. The number of nitrogens with one attached hydrogen (secondary N) is 1. The van der Waals surface area contributed by atoms with E-state index in [-0.39, 0.29) is 5.91 Å². The van der Waals surface area contributed by atoms with Gasteiger partial charge in [-0.05, 0) is 47.9 Å². The Labute approximate surface area is 149 Å². The van der Waals surface area contributed by atoms with E-state index < -0.39 is 0 Å². The summed E-state index contributed by atoms with van der Waals surface area (Å²) in [4.78, 5) is 14.1. The molecule has 5 nitrogen and oxygen atoms in total. The Bertz CT molecular complexity index is 705. The molecule has 0 atom stereocenters. The van der Waals surface area contributed by atoms with Crippen LogP contribution in [0.1, 0.15) is 29.8 Å². The maximum absolute atomic E-state index is 12.1. The molecule has 0 spiro atoms. The van der Waals surface area contributed by atoms with Gasteiger partial charge in [-0.1, -0.05) is 26.0 Å². The van der Waals surface area contributed by atoms with Crippen molar-refractivity contribution in [1.29, 1.82) is 0 Å². The van der Waals surface area contributed by atoms with Gasteiger partial charge in [-0.3, -0.25) is 4.79 Å². The van der Waals surface area contributed by atoms with Gasteiger partial charge in [0.2, 0.25) is 0 Å². The lowest BCUT2D eigenvalue weighted by Gasteiger charge is -2.11. The Morgan fingerprint density at radius 1 is 1.12 bits per heavy atom. The summed E-state index contributed by atoms with van der Waals surface area (Å²) in [5, 5.41) is 4.00. The second-order valence-corrected chi connectivity index (χ2v) is 6.41. The minimum absolute atomic E-state index is 0.253. The molecule has 132 valence electrons. The molecule has 0 heterocycles. The molecule has 0 aliphatic heterocycles. The zero-order valence-corrected chi connectivity index (χ0v) is 15.2. The van der Waals surface area contributed by atoms with E-state index in [0.29, 0.717) is 18.1 Å². The molecule has 2 aromatic rings. The van der Waals surface area contributed by atoms with Gasteiger partial charge < -0.3 is 9.64 Å². The fourth-order valence-electron chi connectivity index (χ4n) is 2.05. The summed E-state index contributed by atoms with van der Waals surface area (Å²) in [7, 11) is 3.98. The molecule has 0 unspecified atom stereocenters. The van der Waals surface area contributed by atoms with Crippen LogP contribution in [0.15, 0.2) is 53.6 Å². The molecular formula is C20H25N3O2. The Morgan fingerprint density at radius 3 is 2.32 bits per heavy atom. The normalized spacial score (nSPS) is 10.9. The predicted octanol–water partition coefficient (Wildman–Crippen LogP) is 3.55. The largest absolute Gasteiger partial charge is 0.493 e. The van der Waals surface area contributed by atoms with E-state index in [0.717, 1.165) is 17.0 Å². The Hall–Kier alpha value is -2.82. The molecule has 2 rings (SSSR count). The minimum Gasteiger partial charge on any atom is -0.493 e. The number of benzene rings is 2. The summed E-state index contributed by atoms with van der Waals surface area (Å²) in [5.74, 6) is 0.968. The predicted molar refractivity (Wildman–Crippen MR) is 103 cm³/mol. The van der Waals surface area contributed by atoms with E-state index in [1.54, 1.807) is 30.5 Å². The van der Waals surface area contributed by atoms with Crippen molar-refractivity contribution in [2.75, 3.05) is 25.6 Å². The van der Waals surface area contributed by atoms with Crippen molar-refractivity contribution < 1.29 is 9.53 Å². The van der Waals surface area contributed by atoms with Crippen molar-refractivity contribution in [3.8, 4) is 5.75 Å². The van der Waals surface area contributed by atoms with Crippen molar-refractivity contribution in [2.24, 2.45) is 11.0 Å². The number of carbonyl (C=O) groups excluding carboxylic acids is 1.